The second-order valence-corrected chi connectivity index (χ2v) is 6.31. The zero-order chi connectivity index (χ0) is 12.5. The van der Waals surface area contributed by atoms with E-state index in [0.29, 0.717) is 18.2 Å². The van der Waals surface area contributed by atoms with E-state index < -0.39 is 10.0 Å². The average molecular weight is 273 g/mol. The van der Waals surface area contributed by atoms with Crippen LogP contribution in [0.15, 0.2) is 34.9 Å². The van der Waals surface area contributed by atoms with E-state index in [4.69, 9.17) is 11.6 Å². The summed E-state index contributed by atoms with van der Waals surface area (Å²) in [6.07, 6.45) is 4.01. The number of hydrogen-bond donors (Lipinski definition) is 0. The van der Waals surface area contributed by atoms with Crippen molar-refractivity contribution in [1.29, 1.82) is 0 Å². The van der Waals surface area contributed by atoms with Gasteiger partial charge in [-0.2, -0.15) is 4.31 Å². The Morgan fingerprint density at radius 2 is 2.18 bits per heavy atom. The molecule has 1 aromatic heterocycles. The van der Waals surface area contributed by atoms with E-state index in [1.165, 1.54) is 28.2 Å². The molecule has 17 heavy (non-hydrogen) atoms. The molecule has 92 valence electrons. The number of pyridine rings is 1. The summed E-state index contributed by atoms with van der Waals surface area (Å²) >= 11 is 5.64. The number of nitrogens with zero attached hydrogens (tertiary/aromatic N) is 2. The van der Waals surface area contributed by atoms with Gasteiger partial charge in [0.05, 0.1) is 0 Å². The first kappa shape index (κ1) is 12.5. The Hall–Kier alpha value is -0.910. The van der Waals surface area contributed by atoms with Crippen molar-refractivity contribution >= 4 is 21.6 Å². The maximum absolute atomic E-state index is 12.2. The molecule has 4 nitrogen and oxygen atoms in total. The summed E-state index contributed by atoms with van der Waals surface area (Å²) in [6.45, 7) is 2.96. The lowest BCUT2D eigenvalue weighted by molar-refractivity contribution is 0.431. The van der Waals surface area contributed by atoms with Gasteiger partial charge in [0.1, 0.15) is 10.0 Å². The molecule has 0 aliphatic carbocycles. The highest BCUT2D eigenvalue weighted by Gasteiger charge is 2.25. The fraction of sp³-hybridized carbons (Fsp3) is 0.364. The van der Waals surface area contributed by atoms with Crippen molar-refractivity contribution in [3.05, 3.63) is 35.1 Å². The molecule has 0 unspecified atom stereocenters. The molecule has 0 fully saturated rings. The van der Waals surface area contributed by atoms with Crippen LogP contribution in [0.5, 0.6) is 0 Å². The monoisotopic (exact) mass is 272 g/mol. The van der Waals surface area contributed by atoms with Crippen LogP contribution in [0.25, 0.3) is 0 Å². The maximum atomic E-state index is 12.2. The van der Waals surface area contributed by atoms with E-state index in [2.05, 4.69) is 4.98 Å². The molecular formula is C11H13ClN2O2S. The standard InChI is InChI=1S/C11H13ClN2O2S/c1-9-4-6-14(7-5-9)17(15,16)10-2-3-11(12)13-8-10/h2-4,8H,5-7H2,1H3. The molecule has 0 atom stereocenters. The topological polar surface area (TPSA) is 50.3 Å². The molecule has 0 radical (unpaired) electrons. The molecule has 0 spiro atoms. The summed E-state index contributed by atoms with van der Waals surface area (Å²) in [5.41, 5.74) is 1.23. The summed E-state index contributed by atoms with van der Waals surface area (Å²) in [5, 5.41) is 0.290. The minimum atomic E-state index is -3.43. The van der Waals surface area contributed by atoms with Crippen LogP contribution in [0.4, 0.5) is 0 Å². The summed E-state index contributed by atoms with van der Waals surface area (Å²) in [5.74, 6) is 0. The Bertz CT molecular complexity index is 537. The minimum Gasteiger partial charge on any atom is -0.243 e. The highest BCUT2D eigenvalue weighted by molar-refractivity contribution is 7.89. The molecular weight excluding hydrogens is 260 g/mol. The lowest BCUT2D eigenvalue weighted by Gasteiger charge is -2.24. The molecule has 1 aliphatic heterocycles. The van der Waals surface area contributed by atoms with Crippen LogP contribution in [0.3, 0.4) is 0 Å². The molecule has 0 saturated heterocycles. The second kappa shape index (κ2) is 4.76. The zero-order valence-corrected chi connectivity index (χ0v) is 11.0. The van der Waals surface area contributed by atoms with Gasteiger partial charge in [0.25, 0.3) is 0 Å². The molecule has 0 aromatic carbocycles. The summed E-state index contributed by atoms with van der Waals surface area (Å²) in [6, 6.07) is 2.97. The summed E-state index contributed by atoms with van der Waals surface area (Å²) in [7, 11) is -3.43. The van der Waals surface area contributed by atoms with E-state index >= 15 is 0 Å². The van der Waals surface area contributed by atoms with E-state index in [-0.39, 0.29) is 4.90 Å². The van der Waals surface area contributed by atoms with Crippen LogP contribution in [0, 0.1) is 0 Å². The van der Waals surface area contributed by atoms with Crippen LogP contribution >= 0.6 is 11.6 Å². The van der Waals surface area contributed by atoms with Gasteiger partial charge in [-0.1, -0.05) is 23.3 Å². The van der Waals surface area contributed by atoms with Gasteiger partial charge in [0, 0.05) is 19.3 Å². The minimum absolute atomic E-state index is 0.190. The largest absolute Gasteiger partial charge is 0.244 e. The van der Waals surface area contributed by atoms with Crippen LogP contribution in [-0.4, -0.2) is 30.8 Å². The molecule has 0 bridgehead atoms. The first-order valence-corrected chi connectivity index (χ1v) is 7.09. The second-order valence-electron chi connectivity index (χ2n) is 3.98. The maximum Gasteiger partial charge on any atom is 0.244 e. The van der Waals surface area contributed by atoms with Crippen molar-refractivity contribution in [2.45, 2.75) is 18.2 Å². The third-order valence-electron chi connectivity index (χ3n) is 2.74. The zero-order valence-electron chi connectivity index (χ0n) is 9.43. The highest BCUT2D eigenvalue weighted by atomic mass is 35.5. The van der Waals surface area contributed by atoms with Gasteiger partial charge in [-0.15, -0.1) is 0 Å². The first-order valence-electron chi connectivity index (χ1n) is 5.27. The van der Waals surface area contributed by atoms with Gasteiger partial charge in [-0.3, -0.25) is 0 Å². The van der Waals surface area contributed by atoms with E-state index in [1.807, 2.05) is 13.0 Å². The molecule has 2 rings (SSSR count). The predicted octanol–water partition coefficient (Wildman–Crippen LogP) is 2.08. The van der Waals surface area contributed by atoms with Crippen molar-refractivity contribution in [2.75, 3.05) is 13.1 Å². The van der Waals surface area contributed by atoms with E-state index in [0.717, 1.165) is 6.42 Å². The van der Waals surface area contributed by atoms with E-state index in [1.54, 1.807) is 0 Å². The fourth-order valence-electron chi connectivity index (χ4n) is 1.63. The Labute approximate surface area is 106 Å². The third-order valence-corrected chi connectivity index (χ3v) is 4.81. The van der Waals surface area contributed by atoms with Gasteiger partial charge in [0.15, 0.2) is 0 Å². The molecule has 1 aromatic rings. The molecule has 0 amide bonds. The van der Waals surface area contributed by atoms with Gasteiger partial charge in [0.2, 0.25) is 10.0 Å². The smallest absolute Gasteiger partial charge is 0.243 e. The van der Waals surface area contributed by atoms with Crippen molar-refractivity contribution in [3.8, 4) is 0 Å². The van der Waals surface area contributed by atoms with Gasteiger partial charge >= 0.3 is 0 Å². The SMILES string of the molecule is CC1=CCN(S(=O)(=O)c2ccc(Cl)nc2)CC1. The molecule has 6 heteroatoms. The Morgan fingerprint density at radius 3 is 2.71 bits per heavy atom. The molecule has 0 N–H and O–H groups in total. The molecule has 1 aliphatic rings. The third kappa shape index (κ3) is 2.68. The van der Waals surface area contributed by atoms with Crippen molar-refractivity contribution < 1.29 is 8.42 Å². The van der Waals surface area contributed by atoms with Gasteiger partial charge in [-0.05, 0) is 25.5 Å². The molecule has 2 heterocycles. The van der Waals surface area contributed by atoms with Crippen LogP contribution < -0.4 is 0 Å². The Balaban J connectivity index is 2.28. The van der Waals surface area contributed by atoms with Crippen LogP contribution in [0.2, 0.25) is 5.15 Å². The Kier molecular flexibility index (Phi) is 3.51. The Morgan fingerprint density at radius 1 is 1.41 bits per heavy atom. The normalized spacial score (nSPS) is 17.9. The average Bonchev–Trinajstić information content (AvgIpc) is 2.30. The van der Waals surface area contributed by atoms with E-state index in [9.17, 15) is 8.42 Å². The molecule has 0 saturated carbocycles. The number of sulfonamides is 1. The summed E-state index contributed by atoms with van der Waals surface area (Å²) < 4.78 is 25.9. The fourth-order valence-corrected chi connectivity index (χ4v) is 3.07. The lowest BCUT2D eigenvalue weighted by Crippen LogP contribution is -2.34. The van der Waals surface area contributed by atoms with Crippen molar-refractivity contribution in [2.24, 2.45) is 0 Å². The summed E-state index contributed by atoms with van der Waals surface area (Å²) in [4.78, 5) is 3.99. The number of aromatic nitrogens is 1. The van der Waals surface area contributed by atoms with Crippen LogP contribution in [-0.2, 0) is 10.0 Å². The number of halogens is 1. The van der Waals surface area contributed by atoms with Crippen molar-refractivity contribution in [1.82, 2.24) is 9.29 Å². The predicted molar refractivity (Wildman–Crippen MR) is 66.4 cm³/mol. The highest BCUT2D eigenvalue weighted by Crippen LogP contribution is 2.20. The first-order chi connectivity index (χ1) is 8.00. The lowest BCUT2D eigenvalue weighted by atomic mass is 10.1. The van der Waals surface area contributed by atoms with Crippen molar-refractivity contribution in [3.63, 3.8) is 0 Å². The quantitative estimate of drug-likeness (QED) is 0.612. The van der Waals surface area contributed by atoms with Gasteiger partial charge < -0.3 is 0 Å². The number of hydrogen-bond acceptors (Lipinski definition) is 3. The van der Waals surface area contributed by atoms with Gasteiger partial charge in [-0.25, -0.2) is 13.4 Å². The van der Waals surface area contributed by atoms with Crippen LogP contribution in [0.1, 0.15) is 13.3 Å². The number of rotatable bonds is 2.